The number of nitrogens with zero attached hydrogens (tertiary/aromatic N) is 1. The smallest absolute Gasteiger partial charge is 0.311 e. The number of aliphatic carboxylic acids is 1. The van der Waals surface area contributed by atoms with Gasteiger partial charge in [-0.15, -0.1) is 0 Å². The summed E-state index contributed by atoms with van der Waals surface area (Å²) in [6.07, 6.45) is 3.31. The lowest BCUT2D eigenvalue weighted by molar-refractivity contribution is -0.153. The largest absolute Gasteiger partial charge is 0.481 e. The molecule has 2 N–H and O–H groups in total. The number of carboxylic acids is 1. The molecule has 1 saturated carbocycles. The summed E-state index contributed by atoms with van der Waals surface area (Å²) in [5.74, 6) is -1.32. The Hall–Kier alpha value is -1.33. The molecule has 1 heterocycles. The first-order valence-electron chi connectivity index (χ1n) is 5.77. The Morgan fingerprint density at radius 2 is 2.11 bits per heavy atom. The van der Waals surface area contributed by atoms with Crippen LogP contribution in [0.4, 0.5) is 0 Å². The first kappa shape index (κ1) is 14.1. The molecule has 0 spiro atoms. The quantitative estimate of drug-likeness (QED) is 0.837. The van der Waals surface area contributed by atoms with E-state index in [1.54, 1.807) is 0 Å². The molecular formula is C12H12Cl2N2O3. The number of rotatable bonds is 4. The third-order valence-electron chi connectivity index (χ3n) is 3.42. The number of hydrogen-bond acceptors (Lipinski definition) is 3. The second-order valence-corrected chi connectivity index (χ2v) is 5.40. The van der Waals surface area contributed by atoms with E-state index in [1.165, 1.54) is 12.3 Å². The van der Waals surface area contributed by atoms with Crippen LogP contribution in [-0.4, -0.2) is 28.5 Å². The fourth-order valence-corrected chi connectivity index (χ4v) is 2.35. The van der Waals surface area contributed by atoms with Gasteiger partial charge in [-0.3, -0.25) is 9.59 Å². The number of hydrogen-bond donors (Lipinski definition) is 2. The molecule has 2 rings (SSSR count). The van der Waals surface area contributed by atoms with Gasteiger partial charge in [-0.2, -0.15) is 0 Å². The van der Waals surface area contributed by atoms with Crippen LogP contribution in [0.3, 0.4) is 0 Å². The van der Waals surface area contributed by atoms with Crippen LogP contribution in [0.5, 0.6) is 0 Å². The fraction of sp³-hybridized carbons (Fsp3) is 0.417. The topological polar surface area (TPSA) is 79.3 Å². The Morgan fingerprint density at radius 1 is 1.42 bits per heavy atom. The monoisotopic (exact) mass is 302 g/mol. The van der Waals surface area contributed by atoms with Crippen LogP contribution in [0.1, 0.15) is 29.6 Å². The second kappa shape index (κ2) is 5.35. The van der Waals surface area contributed by atoms with Crippen molar-refractivity contribution in [2.45, 2.75) is 19.3 Å². The van der Waals surface area contributed by atoms with Crippen molar-refractivity contribution >= 4 is 35.1 Å². The summed E-state index contributed by atoms with van der Waals surface area (Å²) in [6.45, 7) is 0.0947. The Bertz CT molecular complexity index is 530. The normalized spacial score (nSPS) is 16.5. The first-order valence-corrected chi connectivity index (χ1v) is 6.53. The summed E-state index contributed by atoms with van der Waals surface area (Å²) in [7, 11) is 0. The highest BCUT2D eigenvalue weighted by atomic mass is 35.5. The molecule has 1 aromatic rings. The van der Waals surface area contributed by atoms with Gasteiger partial charge in [0.2, 0.25) is 0 Å². The maximum absolute atomic E-state index is 12.0. The van der Waals surface area contributed by atoms with Gasteiger partial charge in [-0.1, -0.05) is 29.6 Å². The number of carbonyl (C=O) groups is 2. The van der Waals surface area contributed by atoms with Crippen LogP contribution >= 0.6 is 23.2 Å². The highest BCUT2D eigenvalue weighted by molar-refractivity contribution is 6.35. The van der Waals surface area contributed by atoms with E-state index in [2.05, 4.69) is 10.3 Å². The fourth-order valence-electron chi connectivity index (χ4n) is 2.00. The molecule has 7 heteroatoms. The van der Waals surface area contributed by atoms with Gasteiger partial charge in [-0.25, -0.2) is 4.98 Å². The van der Waals surface area contributed by atoms with Gasteiger partial charge < -0.3 is 10.4 Å². The first-order chi connectivity index (χ1) is 8.94. The molecule has 1 aromatic heterocycles. The zero-order chi connectivity index (χ0) is 14.0. The minimum atomic E-state index is -0.877. The Kier molecular flexibility index (Phi) is 3.96. The molecule has 1 aliphatic rings. The standard InChI is InChI=1S/C12H12Cl2N2O3/c13-8-5-15-9(14)4-7(8)10(17)16-6-12(11(18)19)2-1-3-12/h4-5H,1-3,6H2,(H,16,17)(H,18,19). The third kappa shape index (κ3) is 2.82. The van der Waals surface area contributed by atoms with Gasteiger partial charge in [0.25, 0.3) is 5.91 Å². The van der Waals surface area contributed by atoms with Crippen molar-refractivity contribution in [1.29, 1.82) is 0 Å². The van der Waals surface area contributed by atoms with Crippen molar-refractivity contribution in [1.82, 2.24) is 10.3 Å². The van der Waals surface area contributed by atoms with E-state index >= 15 is 0 Å². The molecule has 0 saturated heterocycles. The van der Waals surface area contributed by atoms with E-state index < -0.39 is 17.3 Å². The Labute approximate surface area is 119 Å². The molecule has 0 aromatic carbocycles. The average molecular weight is 303 g/mol. The van der Waals surface area contributed by atoms with Crippen molar-refractivity contribution in [3.8, 4) is 0 Å². The number of aromatic nitrogens is 1. The molecule has 1 aliphatic carbocycles. The van der Waals surface area contributed by atoms with Crippen LogP contribution in [0.2, 0.25) is 10.2 Å². The molecule has 102 valence electrons. The molecule has 5 nitrogen and oxygen atoms in total. The van der Waals surface area contributed by atoms with Crippen molar-refractivity contribution in [3.05, 3.63) is 28.0 Å². The van der Waals surface area contributed by atoms with E-state index in [1.807, 2.05) is 0 Å². The number of pyridine rings is 1. The van der Waals surface area contributed by atoms with Gasteiger partial charge in [0.1, 0.15) is 5.15 Å². The molecule has 0 unspecified atom stereocenters. The zero-order valence-corrected chi connectivity index (χ0v) is 11.5. The lowest BCUT2D eigenvalue weighted by Crippen LogP contribution is -2.47. The van der Waals surface area contributed by atoms with Gasteiger partial charge in [-0.05, 0) is 18.9 Å². The van der Waals surface area contributed by atoms with Crippen molar-refractivity contribution < 1.29 is 14.7 Å². The number of carbonyl (C=O) groups excluding carboxylic acids is 1. The average Bonchev–Trinajstić information content (AvgIpc) is 2.30. The lowest BCUT2D eigenvalue weighted by atomic mass is 9.69. The van der Waals surface area contributed by atoms with Crippen LogP contribution in [-0.2, 0) is 4.79 Å². The van der Waals surface area contributed by atoms with Crippen LogP contribution in [0.15, 0.2) is 12.3 Å². The van der Waals surface area contributed by atoms with E-state index in [0.29, 0.717) is 12.8 Å². The summed E-state index contributed by atoms with van der Waals surface area (Å²) in [6, 6.07) is 1.35. The summed E-state index contributed by atoms with van der Waals surface area (Å²) < 4.78 is 0. The molecule has 0 aliphatic heterocycles. The summed E-state index contributed by atoms with van der Waals surface area (Å²) in [5, 5.41) is 12.1. The summed E-state index contributed by atoms with van der Waals surface area (Å²) in [4.78, 5) is 26.9. The van der Waals surface area contributed by atoms with Gasteiger partial charge in [0.05, 0.1) is 16.0 Å². The molecule has 19 heavy (non-hydrogen) atoms. The highest BCUT2D eigenvalue weighted by Crippen LogP contribution is 2.40. The predicted octanol–water partition coefficient (Wildman–Crippen LogP) is 2.37. The minimum Gasteiger partial charge on any atom is -0.481 e. The lowest BCUT2D eigenvalue weighted by Gasteiger charge is -2.37. The van der Waals surface area contributed by atoms with E-state index in [4.69, 9.17) is 28.3 Å². The molecule has 0 atom stereocenters. The second-order valence-electron chi connectivity index (χ2n) is 4.61. The molecule has 1 amide bonds. The summed E-state index contributed by atoms with van der Waals surface area (Å²) in [5.41, 5.74) is -0.639. The van der Waals surface area contributed by atoms with E-state index in [0.717, 1.165) is 6.42 Å². The number of nitrogens with one attached hydrogen (secondary N) is 1. The van der Waals surface area contributed by atoms with Gasteiger partial charge in [0, 0.05) is 12.7 Å². The maximum Gasteiger partial charge on any atom is 0.311 e. The van der Waals surface area contributed by atoms with Crippen LogP contribution in [0.25, 0.3) is 0 Å². The Balaban J connectivity index is 2.05. The van der Waals surface area contributed by atoms with E-state index in [9.17, 15) is 9.59 Å². The van der Waals surface area contributed by atoms with Crippen LogP contribution in [0, 0.1) is 5.41 Å². The molecular weight excluding hydrogens is 291 g/mol. The van der Waals surface area contributed by atoms with Crippen molar-refractivity contribution in [2.24, 2.45) is 5.41 Å². The van der Waals surface area contributed by atoms with Crippen molar-refractivity contribution in [3.63, 3.8) is 0 Å². The number of carboxylic acid groups (broad SMARTS) is 1. The summed E-state index contributed by atoms with van der Waals surface area (Å²) >= 11 is 11.5. The third-order valence-corrected chi connectivity index (χ3v) is 3.93. The number of amides is 1. The zero-order valence-electron chi connectivity index (χ0n) is 9.95. The molecule has 0 radical (unpaired) electrons. The van der Waals surface area contributed by atoms with E-state index in [-0.39, 0.29) is 22.3 Å². The van der Waals surface area contributed by atoms with Gasteiger partial charge in [0.15, 0.2) is 0 Å². The maximum atomic E-state index is 12.0. The Morgan fingerprint density at radius 3 is 2.63 bits per heavy atom. The predicted molar refractivity (Wildman–Crippen MR) is 70.5 cm³/mol. The van der Waals surface area contributed by atoms with Gasteiger partial charge >= 0.3 is 5.97 Å². The molecule has 1 fully saturated rings. The number of halogens is 2. The highest BCUT2D eigenvalue weighted by Gasteiger charge is 2.44. The van der Waals surface area contributed by atoms with Crippen LogP contribution < -0.4 is 5.32 Å². The SMILES string of the molecule is O=C(NCC1(C(=O)O)CCC1)c1cc(Cl)ncc1Cl. The minimum absolute atomic E-state index is 0.0947. The molecule has 0 bridgehead atoms. The van der Waals surface area contributed by atoms with Crippen molar-refractivity contribution in [2.75, 3.05) is 6.54 Å².